The summed E-state index contributed by atoms with van der Waals surface area (Å²) in [6.45, 7) is 2.04. The molecule has 29 heavy (non-hydrogen) atoms. The molecule has 156 valence electrons. The van der Waals surface area contributed by atoms with Crippen LogP contribution >= 0.6 is 15.9 Å². The summed E-state index contributed by atoms with van der Waals surface area (Å²) in [4.78, 5) is 12.6. The number of rotatable bonds is 8. The van der Waals surface area contributed by atoms with Crippen LogP contribution in [0.2, 0.25) is 0 Å². The lowest BCUT2D eigenvalue weighted by Crippen LogP contribution is -2.44. The molecule has 1 N–H and O–H groups in total. The van der Waals surface area contributed by atoms with E-state index in [9.17, 15) is 4.79 Å². The van der Waals surface area contributed by atoms with Crippen molar-refractivity contribution in [3.63, 3.8) is 0 Å². The van der Waals surface area contributed by atoms with E-state index in [-0.39, 0.29) is 11.3 Å². The summed E-state index contributed by atoms with van der Waals surface area (Å²) < 4.78 is 17.3. The zero-order valence-electron chi connectivity index (χ0n) is 17.0. The van der Waals surface area contributed by atoms with E-state index >= 15 is 0 Å². The van der Waals surface area contributed by atoms with E-state index < -0.39 is 0 Å². The van der Waals surface area contributed by atoms with Crippen molar-refractivity contribution in [3.05, 3.63) is 58.1 Å². The van der Waals surface area contributed by atoms with Gasteiger partial charge in [-0.1, -0.05) is 28.1 Å². The lowest BCUT2D eigenvalue weighted by Gasteiger charge is -2.38. The van der Waals surface area contributed by atoms with Gasteiger partial charge in [-0.25, -0.2) is 0 Å². The van der Waals surface area contributed by atoms with Crippen LogP contribution in [-0.2, 0) is 21.4 Å². The minimum atomic E-state index is -0.0919. The number of nitrogens with one attached hydrogen (secondary N) is 1. The van der Waals surface area contributed by atoms with Gasteiger partial charge >= 0.3 is 0 Å². The Bertz CT molecular complexity index is 833. The summed E-state index contributed by atoms with van der Waals surface area (Å²) in [6.07, 6.45) is 2.79. The van der Waals surface area contributed by atoms with Gasteiger partial charge in [-0.15, -0.1) is 0 Å². The summed E-state index contributed by atoms with van der Waals surface area (Å²) in [5, 5.41) is 3.17. The molecular formula is C23H28BrNO4. The van der Waals surface area contributed by atoms with Crippen LogP contribution in [0.3, 0.4) is 0 Å². The Balaban J connectivity index is 1.64. The van der Waals surface area contributed by atoms with Gasteiger partial charge in [0.05, 0.1) is 14.2 Å². The number of hydrogen-bond acceptors (Lipinski definition) is 4. The SMILES string of the molecule is COc1ccc(OC)c(CCC(=O)NCC2(c3cccc(Br)c3)CCOCC2)c1. The second-order valence-electron chi connectivity index (χ2n) is 7.36. The lowest BCUT2D eigenvalue weighted by atomic mass is 9.74. The minimum Gasteiger partial charge on any atom is -0.497 e. The van der Waals surface area contributed by atoms with Crippen molar-refractivity contribution in [3.8, 4) is 11.5 Å². The predicted molar refractivity (Wildman–Crippen MR) is 117 cm³/mol. The van der Waals surface area contributed by atoms with Crippen LogP contribution in [0.15, 0.2) is 46.9 Å². The maximum Gasteiger partial charge on any atom is 0.220 e. The van der Waals surface area contributed by atoms with Crippen LogP contribution in [0.4, 0.5) is 0 Å². The van der Waals surface area contributed by atoms with Crippen LogP contribution < -0.4 is 14.8 Å². The van der Waals surface area contributed by atoms with Crippen molar-refractivity contribution in [2.24, 2.45) is 0 Å². The predicted octanol–water partition coefficient (Wildman–Crippen LogP) is 4.26. The molecule has 0 spiro atoms. The van der Waals surface area contributed by atoms with Crippen LogP contribution in [0.5, 0.6) is 11.5 Å². The monoisotopic (exact) mass is 461 g/mol. The van der Waals surface area contributed by atoms with Gasteiger partial charge in [0, 0.05) is 36.1 Å². The highest BCUT2D eigenvalue weighted by atomic mass is 79.9. The molecule has 2 aromatic rings. The first-order chi connectivity index (χ1) is 14.1. The van der Waals surface area contributed by atoms with Gasteiger partial charge < -0.3 is 19.5 Å². The second-order valence-corrected chi connectivity index (χ2v) is 8.27. The molecule has 1 fully saturated rings. The van der Waals surface area contributed by atoms with Gasteiger partial charge in [0.15, 0.2) is 0 Å². The fraction of sp³-hybridized carbons (Fsp3) is 0.435. The van der Waals surface area contributed by atoms with Gasteiger partial charge in [0.25, 0.3) is 0 Å². The Morgan fingerprint density at radius 3 is 2.62 bits per heavy atom. The van der Waals surface area contributed by atoms with E-state index in [0.717, 1.165) is 34.4 Å². The van der Waals surface area contributed by atoms with E-state index in [4.69, 9.17) is 14.2 Å². The highest BCUT2D eigenvalue weighted by Gasteiger charge is 2.35. The molecule has 6 heteroatoms. The third-order valence-corrected chi connectivity index (χ3v) is 6.11. The first-order valence-electron chi connectivity index (χ1n) is 9.88. The van der Waals surface area contributed by atoms with Crippen molar-refractivity contribution < 1.29 is 19.0 Å². The number of aryl methyl sites for hydroxylation is 1. The molecule has 1 aliphatic rings. The topological polar surface area (TPSA) is 56.8 Å². The number of hydrogen-bond donors (Lipinski definition) is 1. The summed E-state index contributed by atoms with van der Waals surface area (Å²) in [5.41, 5.74) is 2.12. The van der Waals surface area contributed by atoms with Gasteiger partial charge in [0.1, 0.15) is 11.5 Å². The number of carbonyl (C=O) groups excluding carboxylic acids is 1. The fourth-order valence-corrected chi connectivity index (χ4v) is 4.23. The highest BCUT2D eigenvalue weighted by molar-refractivity contribution is 9.10. The number of carbonyl (C=O) groups is 1. The van der Waals surface area contributed by atoms with Crippen molar-refractivity contribution in [2.75, 3.05) is 34.0 Å². The number of amides is 1. The molecule has 0 atom stereocenters. The lowest BCUT2D eigenvalue weighted by molar-refractivity contribution is -0.121. The maximum absolute atomic E-state index is 12.6. The van der Waals surface area contributed by atoms with E-state index in [2.05, 4.69) is 33.4 Å². The molecule has 0 aromatic heterocycles. The smallest absolute Gasteiger partial charge is 0.220 e. The average molecular weight is 462 g/mol. The van der Waals surface area contributed by atoms with Gasteiger partial charge in [-0.2, -0.15) is 0 Å². The average Bonchev–Trinajstić information content (AvgIpc) is 2.76. The van der Waals surface area contributed by atoms with Gasteiger partial charge in [-0.05, 0) is 60.7 Å². The molecule has 1 amide bonds. The Kier molecular flexibility index (Phi) is 7.56. The van der Waals surface area contributed by atoms with E-state index in [1.807, 2.05) is 30.3 Å². The second kappa shape index (κ2) is 10.1. The molecule has 0 radical (unpaired) electrons. The number of halogens is 1. The van der Waals surface area contributed by atoms with Crippen molar-refractivity contribution in [1.82, 2.24) is 5.32 Å². The maximum atomic E-state index is 12.6. The zero-order valence-corrected chi connectivity index (χ0v) is 18.6. The number of benzene rings is 2. The molecule has 1 heterocycles. The third kappa shape index (κ3) is 5.52. The quantitative estimate of drug-likeness (QED) is 0.637. The standard InChI is InChI=1S/C23H28BrNO4/c1-27-20-7-8-21(28-2)17(14-20)6-9-22(26)25-16-23(10-12-29-13-11-23)18-4-3-5-19(24)15-18/h3-5,7-8,14-15H,6,9-13,16H2,1-2H3,(H,25,26). The Morgan fingerprint density at radius 1 is 1.14 bits per heavy atom. The third-order valence-electron chi connectivity index (χ3n) is 5.62. The molecule has 0 unspecified atom stereocenters. The number of ether oxygens (including phenoxy) is 3. The Morgan fingerprint density at radius 2 is 1.93 bits per heavy atom. The summed E-state index contributed by atoms with van der Waals surface area (Å²) >= 11 is 3.57. The summed E-state index contributed by atoms with van der Waals surface area (Å²) in [6, 6.07) is 14.0. The number of methoxy groups -OCH3 is 2. The first-order valence-corrected chi connectivity index (χ1v) is 10.7. The largest absolute Gasteiger partial charge is 0.497 e. The van der Waals surface area contributed by atoms with Crippen molar-refractivity contribution >= 4 is 21.8 Å². The summed E-state index contributed by atoms with van der Waals surface area (Å²) in [5.74, 6) is 1.57. The Labute approximate surface area is 180 Å². The van der Waals surface area contributed by atoms with Crippen molar-refractivity contribution in [1.29, 1.82) is 0 Å². The van der Waals surface area contributed by atoms with Crippen LogP contribution in [0.1, 0.15) is 30.4 Å². The highest BCUT2D eigenvalue weighted by Crippen LogP contribution is 2.35. The molecule has 1 aliphatic heterocycles. The van der Waals surface area contributed by atoms with Crippen LogP contribution in [0.25, 0.3) is 0 Å². The molecule has 0 aliphatic carbocycles. The molecular weight excluding hydrogens is 434 g/mol. The molecule has 3 rings (SSSR count). The van der Waals surface area contributed by atoms with E-state index in [1.54, 1.807) is 14.2 Å². The molecule has 1 saturated heterocycles. The Hall–Kier alpha value is -2.05. The summed E-state index contributed by atoms with van der Waals surface area (Å²) in [7, 11) is 3.27. The van der Waals surface area contributed by atoms with E-state index in [0.29, 0.717) is 32.6 Å². The molecule has 2 aromatic carbocycles. The van der Waals surface area contributed by atoms with Gasteiger partial charge in [0.2, 0.25) is 5.91 Å². The first kappa shape index (κ1) is 21.7. The molecule has 0 saturated carbocycles. The van der Waals surface area contributed by atoms with Crippen LogP contribution in [0, 0.1) is 0 Å². The van der Waals surface area contributed by atoms with E-state index in [1.165, 1.54) is 5.56 Å². The normalized spacial score (nSPS) is 15.6. The van der Waals surface area contributed by atoms with Crippen molar-refractivity contribution in [2.45, 2.75) is 31.1 Å². The fourth-order valence-electron chi connectivity index (χ4n) is 3.83. The van der Waals surface area contributed by atoms with Crippen LogP contribution in [-0.4, -0.2) is 39.9 Å². The minimum absolute atomic E-state index is 0.0377. The molecule has 5 nitrogen and oxygen atoms in total. The van der Waals surface area contributed by atoms with Gasteiger partial charge in [-0.3, -0.25) is 4.79 Å². The molecule has 0 bridgehead atoms. The zero-order chi connectivity index (χ0) is 20.7.